The third-order valence-electron chi connectivity index (χ3n) is 2.83. The van der Waals surface area contributed by atoms with E-state index in [0.29, 0.717) is 11.1 Å². The van der Waals surface area contributed by atoms with E-state index < -0.39 is 0 Å². The van der Waals surface area contributed by atoms with Gasteiger partial charge in [-0.25, -0.2) is 9.37 Å². The molecule has 2 aromatic heterocycles. The fourth-order valence-electron chi connectivity index (χ4n) is 1.92. The van der Waals surface area contributed by atoms with Crippen molar-refractivity contribution in [2.45, 2.75) is 25.7 Å². The molecule has 0 amide bonds. The number of hydrogen-bond acceptors (Lipinski definition) is 2. The zero-order valence-electron chi connectivity index (χ0n) is 13.0. The van der Waals surface area contributed by atoms with Gasteiger partial charge in [0.25, 0.3) is 0 Å². The van der Waals surface area contributed by atoms with E-state index in [9.17, 15) is 4.39 Å². The van der Waals surface area contributed by atoms with Crippen molar-refractivity contribution in [3.8, 4) is 0 Å². The third kappa shape index (κ3) is 3.45. The third-order valence-corrected chi connectivity index (χ3v) is 3.61. The number of hydrogen-bond donors (Lipinski definition) is 0. The van der Waals surface area contributed by atoms with Crippen LogP contribution in [0.1, 0.15) is 26.3 Å². The Kier molecular flexibility index (Phi) is 6.43. The van der Waals surface area contributed by atoms with Crippen LogP contribution in [0.3, 0.4) is 0 Å². The normalized spacial score (nSPS) is 11.5. The Balaban J connectivity index is 0.00000106. The molecule has 0 radical (unpaired) electrons. The van der Waals surface area contributed by atoms with Crippen LogP contribution in [-0.2, 0) is 0 Å². The minimum absolute atomic E-state index is 0.346. The summed E-state index contributed by atoms with van der Waals surface area (Å²) in [5.74, 6) is -0.346. The van der Waals surface area contributed by atoms with Crippen LogP contribution in [0.5, 0.6) is 0 Å². The van der Waals surface area contributed by atoms with E-state index in [1.165, 1.54) is 6.08 Å². The van der Waals surface area contributed by atoms with Gasteiger partial charge in [0.05, 0.1) is 0 Å². The maximum atomic E-state index is 14.3. The largest absolute Gasteiger partial charge is 0.307 e. The predicted octanol–water partition coefficient (Wildman–Crippen LogP) is 5.53. The lowest BCUT2D eigenvalue weighted by atomic mass is 10.0. The predicted molar refractivity (Wildman–Crippen MR) is 91.4 cm³/mol. The van der Waals surface area contributed by atoms with Crippen LogP contribution in [0.4, 0.5) is 4.39 Å². The van der Waals surface area contributed by atoms with Gasteiger partial charge in [0.1, 0.15) is 11.5 Å². The summed E-state index contributed by atoms with van der Waals surface area (Å²) in [5, 5.41) is 0. The quantitative estimate of drug-likeness (QED) is 0.546. The first kappa shape index (κ1) is 17.2. The monoisotopic (exact) mass is 304 g/mol. The minimum atomic E-state index is -0.346. The Bertz CT molecular complexity index is 683. The summed E-state index contributed by atoms with van der Waals surface area (Å²) in [6.45, 7) is 13.0. The molecule has 0 atom stereocenters. The summed E-state index contributed by atoms with van der Waals surface area (Å²) in [4.78, 5) is 5.27. The number of halogens is 1. The van der Waals surface area contributed by atoms with Crippen molar-refractivity contribution >= 4 is 23.0 Å². The molecule has 2 nitrogen and oxygen atoms in total. The van der Waals surface area contributed by atoms with E-state index >= 15 is 0 Å². The lowest BCUT2D eigenvalue weighted by Gasteiger charge is -2.11. The smallest absolute Gasteiger partial charge is 0.145 e. The Labute approximate surface area is 130 Å². The van der Waals surface area contributed by atoms with Crippen molar-refractivity contribution < 1.29 is 4.39 Å². The molecule has 0 bridgehead atoms. The van der Waals surface area contributed by atoms with Crippen LogP contribution in [-0.4, -0.2) is 15.6 Å². The molecular formula is C17H21FN2S. The number of thioether (sulfide) groups is 1. The molecular weight excluding hydrogens is 283 g/mol. The van der Waals surface area contributed by atoms with Crippen molar-refractivity contribution in [2.75, 3.05) is 6.26 Å². The molecule has 0 saturated carbocycles. The molecule has 0 aliphatic heterocycles. The van der Waals surface area contributed by atoms with Crippen molar-refractivity contribution in [3.05, 3.63) is 60.9 Å². The van der Waals surface area contributed by atoms with E-state index in [-0.39, 0.29) is 5.83 Å². The zero-order valence-corrected chi connectivity index (χ0v) is 13.8. The highest BCUT2D eigenvalue weighted by Gasteiger charge is 2.16. The van der Waals surface area contributed by atoms with E-state index in [0.717, 1.165) is 16.1 Å². The minimum Gasteiger partial charge on any atom is -0.307 e. The number of rotatable bonds is 4. The summed E-state index contributed by atoms with van der Waals surface area (Å²) in [7, 11) is 0. The highest BCUT2D eigenvalue weighted by molar-refractivity contribution is 7.98. The topological polar surface area (TPSA) is 17.3 Å². The molecule has 0 saturated heterocycles. The van der Waals surface area contributed by atoms with Gasteiger partial charge in [0, 0.05) is 34.6 Å². The standard InChI is InChI=1S/C15H15FN2S.C2H6/c1-5-11(14(16)10(2)3)13-12(19-4)6-8-18-9-7-17-15(13)18;1-2/h5-9H,1-2H2,3-4H3;1-2H3/b14-11-;. The molecule has 0 aromatic carbocycles. The van der Waals surface area contributed by atoms with E-state index in [4.69, 9.17) is 0 Å². The van der Waals surface area contributed by atoms with Gasteiger partial charge in [-0.3, -0.25) is 0 Å². The van der Waals surface area contributed by atoms with Crippen LogP contribution in [0.2, 0.25) is 0 Å². The maximum absolute atomic E-state index is 14.3. The molecule has 0 aliphatic carbocycles. The van der Waals surface area contributed by atoms with E-state index in [2.05, 4.69) is 18.1 Å². The number of imidazole rings is 1. The van der Waals surface area contributed by atoms with Crippen LogP contribution >= 0.6 is 11.8 Å². The molecule has 2 aromatic rings. The molecule has 0 fully saturated rings. The highest BCUT2D eigenvalue weighted by Crippen LogP contribution is 2.34. The molecule has 0 spiro atoms. The lowest BCUT2D eigenvalue weighted by molar-refractivity contribution is 0.656. The molecule has 112 valence electrons. The van der Waals surface area contributed by atoms with E-state index in [1.807, 2.05) is 43.0 Å². The summed E-state index contributed by atoms with van der Waals surface area (Å²) < 4.78 is 16.2. The van der Waals surface area contributed by atoms with Gasteiger partial charge < -0.3 is 4.40 Å². The first-order valence-corrected chi connectivity index (χ1v) is 8.00. The second kappa shape index (κ2) is 7.84. The van der Waals surface area contributed by atoms with Crippen molar-refractivity contribution in [1.82, 2.24) is 9.38 Å². The average molecular weight is 304 g/mol. The number of fused-ring (bicyclic) bond motifs is 1. The molecule has 2 heterocycles. The number of allylic oxidation sites excluding steroid dienone is 4. The zero-order chi connectivity index (χ0) is 16.0. The van der Waals surface area contributed by atoms with Crippen LogP contribution in [0.25, 0.3) is 11.2 Å². The van der Waals surface area contributed by atoms with Gasteiger partial charge in [-0.2, -0.15) is 0 Å². The summed E-state index contributed by atoms with van der Waals surface area (Å²) in [6.07, 6.45) is 8.92. The van der Waals surface area contributed by atoms with Gasteiger partial charge in [-0.15, -0.1) is 11.8 Å². The maximum Gasteiger partial charge on any atom is 0.145 e. The Morgan fingerprint density at radius 2 is 2.05 bits per heavy atom. The highest BCUT2D eigenvalue weighted by atomic mass is 32.2. The molecule has 0 unspecified atom stereocenters. The van der Waals surface area contributed by atoms with Gasteiger partial charge in [0.2, 0.25) is 0 Å². The van der Waals surface area contributed by atoms with Gasteiger partial charge in [-0.1, -0.05) is 33.1 Å². The molecule has 0 aliphatic rings. The van der Waals surface area contributed by atoms with Gasteiger partial charge in [-0.05, 0) is 24.8 Å². The molecule has 4 heteroatoms. The molecule has 2 rings (SSSR count). The fourth-order valence-corrected chi connectivity index (χ4v) is 2.53. The second-order valence-electron chi connectivity index (χ2n) is 4.13. The first-order chi connectivity index (χ1) is 10.1. The first-order valence-electron chi connectivity index (χ1n) is 6.78. The average Bonchev–Trinajstić information content (AvgIpc) is 2.98. The van der Waals surface area contributed by atoms with Gasteiger partial charge >= 0.3 is 0 Å². The second-order valence-corrected chi connectivity index (χ2v) is 4.98. The van der Waals surface area contributed by atoms with Crippen molar-refractivity contribution in [2.24, 2.45) is 0 Å². The Morgan fingerprint density at radius 1 is 1.38 bits per heavy atom. The van der Waals surface area contributed by atoms with Gasteiger partial charge in [0.15, 0.2) is 0 Å². The summed E-state index contributed by atoms with van der Waals surface area (Å²) in [5.41, 5.74) is 2.30. The van der Waals surface area contributed by atoms with Crippen LogP contribution in [0.15, 0.2) is 60.2 Å². The van der Waals surface area contributed by atoms with Crippen LogP contribution in [0, 0.1) is 0 Å². The number of aromatic nitrogens is 2. The van der Waals surface area contributed by atoms with Crippen molar-refractivity contribution in [1.29, 1.82) is 0 Å². The lowest BCUT2D eigenvalue weighted by Crippen LogP contribution is -1.96. The van der Waals surface area contributed by atoms with E-state index in [1.54, 1.807) is 24.9 Å². The Morgan fingerprint density at radius 3 is 2.57 bits per heavy atom. The summed E-state index contributed by atoms with van der Waals surface area (Å²) >= 11 is 1.55. The number of pyridine rings is 1. The van der Waals surface area contributed by atoms with Crippen LogP contribution < -0.4 is 0 Å². The number of nitrogens with zero attached hydrogens (tertiary/aromatic N) is 2. The SMILES string of the molecule is C=C/C(=C(/F)C(=C)C)c1c(SC)ccn2ccnc12.CC. The molecule has 0 N–H and O–H groups in total. The summed E-state index contributed by atoms with van der Waals surface area (Å²) in [6, 6.07) is 1.95. The Hall–Kier alpha value is -1.81. The molecule has 21 heavy (non-hydrogen) atoms. The van der Waals surface area contributed by atoms with Crippen molar-refractivity contribution in [3.63, 3.8) is 0 Å². The fraction of sp³-hybridized carbons (Fsp3) is 0.235.